The van der Waals surface area contributed by atoms with E-state index in [4.69, 9.17) is 24.9 Å². The lowest BCUT2D eigenvalue weighted by atomic mass is 9.98. The van der Waals surface area contributed by atoms with Gasteiger partial charge in [0.25, 0.3) is 0 Å². The van der Waals surface area contributed by atoms with Crippen molar-refractivity contribution >= 4 is 65.6 Å². The van der Waals surface area contributed by atoms with Crippen molar-refractivity contribution in [3.63, 3.8) is 0 Å². The maximum Gasteiger partial charge on any atom is 0.166 e. The van der Waals surface area contributed by atoms with Crippen LogP contribution in [0.3, 0.4) is 0 Å². The van der Waals surface area contributed by atoms with E-state index in [9.17, 15) is 2.74 Å². The molecule has 0 bridgehead atoms. The van der Waals surface area contributed by atoms with Crippen molar-refractivity contribution in [1.29, 1.82) is 0 Å². The van der Waals surface area contributed by atoms with Crippen LogP contribution in [-0.4, -0.2) is 24.1 Å². The van der Waals surface area contributed by atoms with Crippen LogP contribution in [0.25, 0.3) is 122 Å². The fourth-order valence-corrected chi connectivity index (χ4v) is 9.20. The Morgan fingerprint density at radius 2 is 1.02 bits per heavy atom. The normalized spacial score (nSPS) is 13.1. The molecule has 6 nitrogen and oxygen atoms in total. The number of para-hydroxylation sites is 6. The first-order valence-electron chi connectivity index (χ1n) is 23.7. The third-order valence-electron chi connectivity index (χ3n) is 11.9. The predicted molar refractivity (Wildman–Crippen MR) is 258 cm³/mol. The molecule has 0 aliphatic carbocycles. The molecule has 294 valence electrons. The van der Waals surface area contributed by atoms with Gasteiger partial charge in [-0.15, -0.1) is 0 Å². The van der Waals surface area contributed by atoms with Crippen molar-refractivity contribution < 1.29 is 12.6 Å². The third kappa shape index (κ3) is 5.48. The summed E-state index contributed by atoms with van der Waals surface area (Å²) in [5.41, 5.74) is 9.01. The highest BCUT2D eigenvalue weighted by Gasteiger charge is 2.23. The highest BCUT2D eigenvalue weighted by molar-refractivity contribution is 6.16. The Balaban J connectivity index is 1.16. The zero-order valence-corrected chi connectivity index (χ0v) is 33.4. The van der Waals surface area contributed by atoms with Crippen molar-refractivity contribution in [3.05, 3.63) is 212 Å². The molecule has 0 aliphatic rings. The molecular formula is C57H35N5O. The SMILES string of the molecule is [2H]c1cc([2H])c2c(c1[2H])c1c([2H])c([2H])cc([2H])c1n2-c1ccc(-c2cccc3c2oc2ccccc23)cc1-c1nc(-c2ccccc2)nc(-c2cccc3c2c2ccccc2n3-c2ccccc2)n1. The van der Waals surface area contributed by atoms with Gasteiger partial charge in [-0.1, -0.05) is 158 Å². The maximum atomic E-state index is 9.36. The van der Waals surface area contributed by atoms with Crippen molar-refractivity contribution in [2.45, 2.75) is 0 Å². The van der Waals surface area contributed by atoms with Gasteiger partial charge in [0.2, 0.25) is 0 Å². The lowest BCUT2D eigenvalue weighted by Crippen LogP contribution is -2.04. The first-order valence-corrected chi connectivity index (χ1v) is 20.7. The number of benzene rings is 9. The average Bonchev–Trinajstić information content (AvgIpc) is 4.07. The molecule has 4 heterocycles. The Hall–Kier alpha value is -8.61. The largest absolute Gasteiger partial charge is 0.455 e. The fraction of sp³-hybridized carbons (Fsp3) is 0. The van der Waals surface area contributed by atoms with E-state index in [1.165, 1.54) is 12.1 Å². The topological polar surface area (TPSA) is 61.7 Å². The molecule has 0 saturated heterocycles. The molecule has 6 heteroatoms. The Kier molecular flexibility index (Phi) is 6.56. The number of hydrogen-bond donors (Lipinski definition) is 0. The summed E-state index contributed by atoms with van der Waals surface area (Å²) in [5, 5.41) is 4.23. The number of nitrogens with zero attached hydrogens (tertiary/aromatic N) is 5. The number of aromatic nitrogens is 5. The summed E-state index contributed by atoms with van der Waals surface area (Å²) in [6.45, 7) is 0. The highest BCUT2D eigenvalue weighted by atomic mass is 16.3. The number of rotatable bonds is 6. The van der Waals surface area contributed by atoms with E-state index in [0.29, 0.717) is 28.5 Å². The molecule has 13 aromatic rings. The van der Waals surface area contributed by atoms with Crippen LogP contribution in [-0.2, 0) is 0 Å². The molecule has 0 spiro atoms. The average molecular weight is 812 g/mol. The highest BCUT2D eigenvalue weighted by Crippen LogP contribution is 2.42. The van der Waals surface area contributed by atoms with Crippen LogP contribution in [0, 0.1) is 0 Å². The molecule has 0 unspecified atom stereocenters. The number of furan rings is 1. The van der Waals surface area contributed by atoms with Crippen LogP contribution in [0.5, 0.6) is 0 Å². The predicted octanol–water partition coefficient (Wildman–Crippen LogP) is 14.6. The summed E-state index contributed by atoms with van der Waals surface area (Å²) in [5.74, 6) is 1.12. The quantitative estimate of drug-likeness (QED) is 0.168. The van der Waals surface area contributed by atoms with E-state index >= 15 is 0 Å². The smallest absolute Gasteiger partial charge is 0.166 e. The minimum atomic E-state index is -0.199. The van der Waals surface area contributed by atoms with Crippen molar-refractivity contribution in [2.75, 3.05) is 0 Å². The fourth-order valence-electron chi connectivity index (χ4n) is 9.20. The molecule has 0 radical (unpaired) electrons. The molecule has 4 aromatic heterocycles. The number of fused-ring (bicyclic) bond motifs is 9. The standard InChI is InChI=1S/C57H35N5O/c1-3-17-36(18-4-1)55-58-56(45-27-16-31-51-53(45)44-24-9-13-30-49(44)61(51)38-19-5-2-6-20-38)60-57(59-55)46-35-37(39-25-15-26-43-42-23-10-14-32-52(42)63-54(39)43)33-34-50(46)62-47-28-11-7-21-40(47)41-22-8-12-29-48(41)62/h1-35H/i7D,8D,21D,22D,28D,29D. The van der Waals surface area contributed by atoms with Crippen LogP contribution >= 0.6 is 0 Å². The van der Waals surface area contributed by atoms with E-state index < -0.39 is 0 Å². The van der Waals surface area contributed by atoms with E-state index in [1.54, 1.807) is 4.57 Å². The third-order valence-corrected chi connectivity index (χ3v) is 11.9. The first-order chi connectivity index (χ1) is 33.7. The Bertz CT molecular complexity index is 4210. The first kappa shape index (κ1) is 29.6. The number of hydrogen-bond acceptors (Lipinski definition) is 4. The Morgan fingerprint density at radius 3 is 1.81 bits per heavy atom. The molecule has 0 N–H and O–H groups in total. The zero-order valence-electron chi connectivity index (χ0n) is 39.4. The Morgan fingerprint density at radius 1 is 0.397 bits per heavy atom. The van der Waals surface area contributed by atoms with Gasteiger partial charge < -0.3 is 13.6 Å². The van der Waals surface area contributed by atoms with E-state index in [0.717, 1.165) is 66.1 Å². The Labute approximate surface area is 370 Å². The van der Waals surface area contributed by atoms with Gasteiger partial charge in [0.1, 0.15) is 11.2 Å². The van der Waals surface area contributed by atoms with Gasteiger partial charge in [0.15, 0.2) is 17.5 Å². The van der Waals surface area contributed by atoms with Gasteiger partial charge in [-0.3, -0.25) is 0 Å². The lowest BCUT2D eigenvalue weighted by molar-refractivity contribution is 0.670. The monoisotopic (exact) mass is 811 g/mol. The van der Waals surface area contributed by atoms with Gasteiger partial charge in [0.05, 0.1) is 36.0 Å². The summed E-state index contributed by atoms with van der Waals surface area (Å²) < 4.78 is 64.9. The molecular weight excluding hydrogens is 771 g/mol. The second kappa shape index (κ2) is 14.0. The van der Waals surface area contributed by atoms with Crippen LogP contribution in [0.15, 0.2) is 217 Å². The van der Waals surface area contributed by atoms with Gasteiger partial charge in [-0.25, -0.2) is 15.0 Å². The van der Waals surface area contributed by atoms with Crippen LogP contribution < -0.4 is 0 Å². The summed E-state index contributed by atoms with van der Waals surface area (Å²) >= 11 is 0. The molecule has 0 fully saturated rings. The van der Waals surface area contributed by atoms with Crippen molar-refractivity contribution in [1.82, 2.24) is 24.1 Å². The van der Waals surface area contributed by atoms with Gasteiger partial charge in [0, 0.05) is 60.3 Å². The summed E-state index contributed by atoms with van der Waals surface area (Å²) in [4.78, 5) is 15.9. The van der Waals surface area contributed by atoms with E-state index in [-0.39, 0.29) is 63.9 Å². The molecule has 9 aromatic carbocycles. The zero-order chi connectivity index (χ0) is 46.7. The molecule has 63 heavy (non-hydrogen) atoms. The van der Waals surface area contributed by atoms with Crippen molar-refractivity contribution in [3.8, 4) is 56.7 Å². The summed E-state index contributed by atoms with van der Waals surface area (Å²) in [6.07, 6.45) is 0. The van der Waals surface area contributed by atoms with Crippen LogP contribution in [0.4, 0.5) is 0 Å². The molecule has 0 saturated carbocycles. The second-order valence-electron chi connectivity index (χ2n) is 15.5. The lowest BCUT2D eigenvalue weighted by Gasteiger charge is -2.16. The van der Waals surface area contributed by atoms with Crippen molar-refractivity contribution in [2.24, 2.45) is 0 Å². The minimum Gasteiger partial charge on any atom is -0.455 e. The van der Waals surface area contributed by atoms with Crippen LogP contribution in [0.1, 0.15) is 8.22 Å². The second-order valence-corrected chi connectivity index (χ2v) is 15.5. The van der Waals surface area contributed by atoms with Crippen LogP contribution in [0.2, 0.25) is 0 Å². The molecule has 0 amide bonds. The maximum absolute atomic E-state index is 9.36. The molecule has 0 aliphatic heterocycles. The molecule has 0 atom stereocenters. The summed E-state index contributed by atoms with van der Waals surface area (Å²) in [7, 11) is 0. The summed E-state index contributed by atoms with van der Waals surface area (Å²) in [6, 6.07) is 56.0. The van der Waals surface area contributed by atoms with Gasteiger partial charge in [-0.2, -0.15) is 0 Å². The van der Waals surface area contributed by atoms with E-state index in [1.807, 2.05) is 133 Å². The minimum absolute atomic E-state index is 0.0719. The van der Waals surface area contributed by atoms with Gasteiger partial charge in [-0.05, 0) is 60.1 Å². The molecule has 13 rings (SSSR count). The van der Waals surface area contributed by atoms with Gasteiger partial charge >= 0.3 is 0 Å². The van der Waals surface area contributed by atoms with E-state index in [2.05, 4.69) is 34.9 Å².